The number of benzene rings is 4. The van der Waals surface area contributed by atoms with Gasteiger partial charge in [0.15, 0.2) is 5.75 Å². The second-order valence-corrected chi connectivity index (χ2v) is 10.7. The van der Waals surface area contributed by atoms with Gasteiger partial charge in [0.05, 0.1) is 16.3 Å². The van der Waals surface area contributed by atoms with Crippen LogP contribution in [-0.4, -0.2) is 23.8 Å². The molecule has 2 N–H and O–H groups in total. The Morgan fingerprint density at radius 3 is 2.27 bits per heavy atom. The fraction of sp³-hybridized carbons (Fsp3) is 0.0667. The van der Waals surface area contributed by atoms with Gasteiger partial charge in [-0.2, -0.15) is 10.2 Å². The van der Waals surface area contributed by atoms with E-state index in [1.807, 2.05) is 60.7 Å². The molecule has 1 aliphatic rings. The molecule has 0 aliphatic carbocycles. The van der Waals surface area contributed by atoms with Gasteiger partial charge in [0.1, 0.15) is 17.1 Å². The lowest BCUT2D eigenvalue weighted by atomic mass is 9.80. The molecule has 0 fully saturated rings. The van der Waals surface area contributed by atoms with Crippen LogP contribution in [0.25, 0.3) is 0 Å². The molecule has 0 bridgehead atoms. The van der Waals surface area contributed by atoms with Gasteiger partial charge in [0.25, 0.3) is 5.91 Å². The molecule has 0 saturated heterocycles. The number of carbonyl (C=O) groups is 2. The van der Waals surface area contributed by atoms with Crippen molar-refractivity contribution >= 4 is 55.7 Å². The number of ether oxygens (including phenoxy) is 1. The molecule has 0 spiro atoms. The van der Waals surface area contributed by atoms with Crippen molar-refractivity contribution in [2.75, 3.05) is 0 Å². The maximum atomic E-state index is 13.6. The molecule has 7 nitrogen and oxygen atoms in total. The molecule has 0 saturated carbocycles. The SMILES string of the molecule is O=C(N/N=C/c1cc(Br)cc(Br)c1OC(=O)c1cccc(F)c1)C1=NNC(c2ccccc2)(c2ccccc2)C1. The van der Waals surface area contributed by atoms with Gasteiger partial charge in [-0.25, -0.2) is 14.6 Å². The molecule has 10 heteroatoms. The van der Waals surface area contributed by atoms with Crippen LogP contribution in [0.5, 0.6) is 5.75 Å². The van der Waals surface area contributed by atoms with Crippen LogP contribution in [0.2, 0.25) is 0 Å². The zero-order chi connectivity index (χ0) is 28.1. The van der Waals surface area contributed by atoms with Gasteiger partial charge < -0.3 is 4.74 Å². The van der Waals surface area contributed by atoms with E-state index in [0.717, 1.165) is 17.2 Å². The zero-order valence-electron chi connectivity index (χ0n) is 20.8. The van der Waals surface area contributed by atoms with Crippen molar-refractivity contribution in [2.24, 2.45) is 10.2 Å². The van der Waals surface area contributed by atoms with Crippen molar-refractivity contribution in [2.45, 2.75) is 12.0 Å². The molecule has 1 aliphatic heterocycles. The van der Waals surface area contributed by atoms with Crippen LogP contribution in [0.1, 0.15) is 33.5 Å². The maximum Gasteiger partial charge on any atom is 0.343 e. The van der Waals surface area contributed by atoms with Gasteiger partial charge in [0, 0.05) is 16.5 Å². The first-order valence-corrected chi connectivity index (χ1v) is 13.7. The fourth-order valence-corrected chi connectivity index (χ4v) is 5.68. The Morgan fingerprint density at radius 2 is 1.62 bits per heavy atom. The Bertz CT molecular complexity index is 1590. The van der Waals surface area contributed by atoms with Crippen molar-refractivity contribution in [1.29, 1.82) is 0 Å². The lowest BCUT2D eigenvalue weighted by molar-refractivity contribution is -0.114. The van der Waals surface area contributed by atoms with Gasteiger partial charge in [0.2, 0.25) is 0 Å². The molecule has 0 unspecified atom stereocenters. The summed E-state index contributed by atoms with van der Waals surface area (Å²) < 4.78 is 20.3. The van der Waals surface area contributed by atoms with Crippen LogP contribution in [-0.2, 0) is 10.3 Å². The average molecular weight is 664 g/mol. The van der Waals surface area contributed by atoms with E-state index in [1.165, 1.54) is 24.4 Å². The maximum absolute atomic E-state index is 13.6. The molecule has 1 heterocycles. The van der Waals surface area contributed by atoms with E-state index in [-0.39, 0.29) is 17.0 Å². The smallest absolute Gasteiger partial charge is 0.343 e. The predicted octanol–water partition coefficient (Wildman–Crippen LogP) is 6.31. The van der Waals surface area contributed by atoms with Crippen molar-refractivity contribution < 1.29 is 18.7 Å². The third-order valence-corrected chi connectivity index (χ3v) is 7.32. The fourth-order valence-electron chi connectivity index (χ4n) is 4.35. The van der Waals surface area contributed by atoms with Crippen LogP contribution < -0.4 is 15.6 Å². The summed E-state index contributed by atoms with van der Waals surface area (Å²) in [4.78, 5) is 25.7. The number of hydrogen-bond donors (Lipinski definition) is 2. The first kappa shape index (κ1) is 27.4. The van der Waals surface area contributed by atoms with Crippen LogP contribution >= 0.6 is 31.9 Å². The van der Waals surface area contributed by atoms with E-state index in [1.54, 1.807) is 12.1 Å². The third-order valence-electron chi connectivity index (χ3n) is 6.27. The summed E-state index contributed by atoms with van der Waals surface area (Å²) in [6, 6.07) is 28.2. The summed E-state index contributed by atoms with van der Waals surface area (Å²) in [5, 5.41) is 8.45. The van der Waals surface area contributed by atoms with E-state index in [9.17, 15) is 14.0 Å². The van der Waals surface area contributed by atoms with Crippen LogP contribution in [0.4, 0.5) is 4.39 Å². The highest BCUT2D eigenvalue weighted by molar-refractivity contribution is 9.11. The van der Waals surface area contributed by atoms with E-state index in [4.69, 9.17) is 4.74 Å². The number of halogens is 3. The number of nitrogens with one attached hydrogen (secondary N) is 2. The monoisotopic (exact) mass is 662 g/mol. The lowest BCUT2D eigenvalue weighted by Crippen LogP contribution is -2.38. The van der Waals surface area contributed by atoms with Crippen LogP contribution in [0, 0.1) is 5.82 Å². The Hall–Kier alpha value is -4.15. The molecule has 0 atom stereocenters. The Kier molecular flexibility index (Phi) is 8.18. The standard InChI is InChI=1S/C30H21Br2FN4O3/c31-23-14-20(27(25(32)16-23)40-29(39)19-8-7-13-24(33)15-19)18-34-36-28(38)26-17-30(37-35-26,21-9-3-1-4-10-21)22-11-5-2-6-12-22/h1-16,18,37H,17H2,(H,36,38)/b34-18+. The van der Waals surface area contributed by atoms with E-state index < -0.39 is 23.2 Å². The molecule has 1 amide bonds. The summed E-state index contributed by atoms with van der Waals surface area (Å²) in [6.07, 6.45) is 1.66. The number of amides is 1. The summed E-state index contributed by atoms with van der Waals surface area (Å²) in [5.41, 5.74) is 7.66. The second kappa shape index (κ2) is 11.9. The molecule has 0 aromatic heterocycles. The molecule has 5 rings (SSSR count). The van der Waals surface area contributed by atoms with Gasteiger partial charge in [-0.05, 0) is 57.4 Å². The number of nitrogens with zero attached hydrogens (tertiary/aromatic N) is 2. The van der Waals surface area contributed by atoms with Gasteiger partial charge >= 0.3 is 5.97 Å². The molecule has 200 valence electrons. The number of carbonyl (C=O) groups excluding carboxylic acids is 2. The highest BCUT2D eigenvalue weighted by Gasteiger charge is 2.41. The number of rotatable bonds is 7. The molecule has 4 aromatic rings. The lowest BCUT2D eigenvalue weighted by Gasteiger charge is -2.30. The van der Waals surface area contributed by atoms with E-state index >= 15 is 0 Å². The number of hydrogen-bond acceptors (Lipinski definition) is 6. The molecule has 40 heavy (non-hydrogen) atoms. The molecular weight excluding hydrogens is 643 g/mol. The first-order valence-electron chi connectivity index (χ1n) is 12.1. The minimum absolute atomic E-state index is 0.0538. The topological polar surface area (TPSA) is 92.1 Å². The van der Waals surface area contributed by atoms with E-state index in [2.05, 4.69) is 52.9 Å². The number of hydrazone groups is 2. The summed E-state index contributed by atoms with van der Waals surface area (Å²) >= 11 is 6.79. The second-order valence-electron chi connectivity index (χ2n) is 8.89. The highest BCUT2D eigenvalue weighted by atomic mass is 79.9. The highest BCUT2D eigenvalue weighted by Crippen LogP contribution is 2.36. The van der Waals surface area contributed by atoms with Crippen molar-refractivity contribution in [3.8, 4) is 5.75 Å². The molecule has 4 aromatic carbocycles. The summed E-state index contributed by atoms with van der Waals surface area (Å²) in [7, 11) is 0. The van der Waals surface area contributed by atoms with Crippen molar-refractivity contribution in [3.63, 3.8) is 0 Å². The minimum atomic E-state index is -0.745. The quantitative estimate of drug-likeness (QED) is 0.105. The van der Waals surface area contributed by atoms with E-state index in [0.29, 0.717) is 20.9 Å². The Morgan fingerprint density at radius 1 is 0.950 bits per heavy atom. The van der Waals surface area contributed by atoms with Crippen molar-refractivity contribution in [3.05, 3.63) is 134 Å². The Balaban J connectivity index is 1.33. The summed E-state index contributed by atoms with van der Waals surface area (Å²) in [5.74, 6) is -1.63. The van der Waals surface area contributed by atoms with Gasteiger partial charge in [-0.15, -0.1) is 0 Å². The number of esters is 1. The van der Waals surface area contributed by atoms with Crippen LogP contribution in [0.15, 0.2) is 116 Å². The van der Waals surface area contributed by atoms with Crippen LogP contribution in [0.3, 0.4) is 0 Å². The average Bonchev–Trinajstić information content (AvgIpc) is 3.43. The normalized spacial score (nSPS) is 13.9. The molecule has 0 radical (unpaired) electrons. The largest absolute Gasteiger partial charge is 0.421 e. The predicted molar refractivity (Wildman–Crippen MR) is 158 cm³/mol. The van der Waals surface area contributed by atoms with Gasteiger partial charge in [-0.3, -0.25) is 10.2 Å². The third kappa shape index (κ3) is 5.88. The first-order chi connectivity index (χ1) is 19.4. The zero-order valence-corrected chi connectivity index (χ0v) is 23.9. The molecular formula is C30H21Br2FN4O3. The Labute approximate surface area is 246 Å². The van der Waals surface area contributed by atoms with Gasteiger partial charge in [-0.1, -0.05) is 82.7 Å². The van der Waals surface area contributed by atoms with Crippen molar-refractivity contribution in [1.82, 2.24) is 10.9 Å². The summed E-state index contributed by atoms with van der Waals surface area (Å²) in [6.45, 7) is 0. The minimum Gasteiger partial charge on any atom is -0.421 e.